The number of piperidine rings is 1. The molecule has 0 radical (unpaired) electrons. The van der Waals surface area contributed by atoms with Gasteiger partial charge in [0.05, 0.1) is 10.5 Å². The lowest BCUT2D eigenvalue weighted by atomic mass is 10.0. The van der Waals surface area contributed by atoms with E-state index < -0.39 is 16.7 Å². The van der Waals surface area contributed by atoms with Gasteiger partial charge in [-0.25, -0.2) is 4.98 Å². The summed E-state index contributed by atoms with van der Waals surface area (Å²) in [7, 11) is 0. The number of nitrogens with zero attached hydrogens (tertiary/aromatic N) is 3. The topological polar surface area (TPSA) is 97.6 Å². The summed E-state index contributed by atoms with van der Waals surface area (Å²) < 4.78 is 43.2. The Labute approximate surface area is 169 Å². The van der Waals surface area contributed by atoms with Crippen LogP contribution in [0.25, 0.3) is 0 Å². The van der Waals surface area contributed by atoms with Gasteiger partial charge in [0.2, 0.25) is 0 Å². The van der Waals surface area contributed by atoms with Gasteiger partial charge in [0, 0.05) is 37.5 Å². The molecule has 1 aliphatic heterocycles. The molecule has 0 atom stereocenters. The molecule has 3 rings (SSSR count). The lowest BCUT2D eigenvalue weighted by Gasteiger charge is -2.33. The Morgan fingerprint density at radius 2 is 1.87 bits per heavy atom. The Morgan fingerprint density at radius 3 is 2.40 bits per heavy atom. The number of rotatable bonds is 6. The zero-order valence-corrected chi connectivity index (χ0v) is 15.8. The fourth-order valence-electron chi connectivity index (χ4n) is 3.08. The maximum absolute atomic E-state index is 12.6. The number of carbonyl (C=O) groups excluding carboxylic acids is 1. The number of carbonyl (C=O) groups is 1. The van der Waals surface area contributed by atoms with Crippen molar-refractivity contribution in [2.24, 2.45) is 0 Å². The largest absolute Gasteiger partial charge is 0.484 e. The molecule has 1 aliphatic rings. The van der Waals surface area contributed by atoms with Gasteiger partial charge in [0.25, 0.3) is 11.6 Å². The second-order valence-electron chi connectivity index (χ2n) is 6.77. The number of hydrogen-bond acceptors (Lipinski definition) is 6. The Hall–Kier alpha value is -3.37. The van der Waals surface area contributed by atoms with Crippen molar-refractivity contribution in [3.8, 4) is 5.75 Å². The van der Waals surface area contributed by atoms with Gasteiger partial charge in [-0.3, -0.25) is 14.9 Å². The number of ether oxygens (including phenoxy) is 1. The third-order valence-corrected chi connectivity index (χ3v) is 4.68. The molecule has 2 heterocycles. The van der Waals surface area contributed by atoms with E-state index >= 15 is 0 Å². The zero-order valence-electron chi connectivity index (χ0n) is 15.8. The minimum Gasteiger partial charge on any atom is -0.484 e. The van der Waals surface area contributed by atoms with Gasteiger partial charge in [-0.15, -0.1) is 0 Å². The molecule has 30 heavy (non-hydrogen) atoms. The minimum absolute atomic E-state index is 0.0684. The SMILES string of the molecule is O=C(COc1ccc([N+](=O)[O-])cc1)NC1CCN(c2ccc(C(F)(F)F)cn2)CC1. The van der Waals surface area contributed by atoms with Crippen LogP contribution in [0.1, 0.15) is 18.4 Å². The van der Waals surface area contributed by atoms with Crippen LogP contribution in [0.2, 0.25) is 0 Å². The number of benzene rings is 1. The molecule has 0 unspecified atom stereocenters. The smallest absolute Gasteiger partial charge is 0.417 e. The van der Waals surface area contributed by atoms with E-state index in [1.807, 2.05) is 4.90 Å². The van der Waals surface area contributed by atoms with Crippen molar-refractivity contribution in [1.82, 2.24) is 10.3 Å². The molecule has 0 bridgehead atoms. The van der Waals surface area contributed by atoms with Crippen molar-refractivity contribution < 1.29 is 27.6 Å². The lowest BCUT2D eigenvalue weighted by molar-refractivity contribution is -0.384. The highest BCUT2D eigenvalue weighted by Crippen LogP contribution is 2.29. The molecule has 1 saturated heterocycles. The zero-order chi connectivity index (χ0) is 21.7. The number of pyridine rings is 1. The number of anilines is 1. The fourth-order valence-corrected chi connectivity index (χ4v) is 3.08. The average Bonchev–Trinajstić information content (AvgIpc) is 2.72. The van der Waals surface area contributed by atoms with E-state index in [-0.39, 0.29) is 24.2 Å². The van der Waals surface area contributed by atoms with E-state index in [9.17, 15) is 28.1 Å². The van der Waals surface area contributed by atoms with Gasteiger partial charge in [-0.2, -0.15) is 13.2 Å². The highest BCUT2D eigenvalue weighted by Gasteiger charge is 2.31. The van der Waals surface area contributed by atoms with Gasteiger partial charge in [0.15, 0.2) is 6.61 Å². The lowest BCUT2D eigenvalue weighted by Crippen LogP contribution is -2.46. The summed E-state index contributed by atoms with van der Waals surface area (Å²) in [6.07, 6.45) is -2.37. The number of alkyl halides is 3. The maximum Gasteiger partial charge on any atom is 0.417 e. The van der Waals surface area contributed by atoms with Crippen molar-refractivity contribution in [2.45, 2.75) is 25.1 Å². The molecule has 1 N–H and O–H groups in total. The molecule has 8 nitrogen and oxygen atoms in total. The maximum atomic E-state index is 12.6. The quantitative estimate of drug-likeness (QED) is 0.565. The fraction of sp³-hybridized carbons (Fsp3) is 0.368. The first-order valence-electron chi connectivity index (χ1n) is 9.17. The molecule has 0 aliphatic carbocycles. The summed E-state index contributed by atoms with van der Waals surface area (Å²) in [6, 6.07) is 7.69. The van der Waals surface area contributed by atoms with Crippen molar-refractivity contribution in [3.63, 3.8) is 0 Å². The summed E-state index contributed by atoms with van der Waals surface area (Å²) in [5.41, 5.74) is -0.859. The first kappa shape index (κ1) is 21.3. The van der Waals surface area contributed by atoms with Crippen LogP contribution in [0.5, 0.6) is 5.75 Å². The first-order chi connectivity index (χ1) is 14.2. The molecule has 1 fully saturated rings. The van der Waals surface area contributed by atoms with E-state index in [0.29, 0.717) is 37.5 Å². The van der Waals surface area contributed by atoms with Crippen LogP contribution >= 0.6 is 0 Å². The van der Waals surface area contributed by atoms with Crippen molar-refractivity contribution in [1.29, 1.82) is 0 Å². The molecule has 160 valence electrons. The number of non-ortho nitro benzene ring substituents is 1. The van der Waals surface area contributed by atoms with Gasteiger partial charge < -0.3 is 15.0 Å². The van der Waals surface area contributed by atoms with E-state index in [4.69, 9.17) is 4.74 Å². The molecule has 11 heteroatoms. The molecule has 1 aromatic heterocycles. The van der Waals surface area contributed by atoms with Gasteiger partial charge in [-0.1, -0.05) is 0 Å². The van der Waals surface area contributed by atoms with Crippen molar-refractivity contribution in [3.05, 3.63) is 58.3 Å². The van der Waals surface area contributed by atoms with E-state index in [1.54, 1.807) is 0 Å². The van der Waals surface area contributed by atoms with Crippen LogP contribution in [0.15, 0.2) is 42.6 Å². The third-order valence-electron chi connectivity index (χ3n) is 4.68. The van der Waals surface area contributed by atoms with Crippen LogP contribution in [0, 0.1) is 10.1 Å². The number of hydrogen-bond donors (Lipinski definition) is 1. The summed E-state index contributed by atoms with van der Waals surface area (Å²) in [5, 5.41) is 13.5. The van der Waals surface area contributed by atoms with Crippen LogP contribution in [-0.4, -0.2) is 41.6 Å². The molecule has 1 aromatic carbocycles. The minimum atomic E-state index is -4.42. The Kier molecular flexibility index (Phi) is 6.38. The van der Waals surface area contributed by atoms with E-state index in [1.165, 1.54) is 30.3 Å². The van der Waals surface area contributed by atoms with Crippen LogP contribution in [-0.2, 0) is 11.0 Å². The number of aromatic nitrogens is 1. The predicted octanol–water partition coefficient (Wildman–Crippen LogP) is 3.17. The van der Waals surface area contributed by atoms with Crippen LogP contribution in [0.4, 0.5) is 24.7 Å². The molecule has 0 saturated carbocycles. The number of nitrogens with one attached hydrogen (secondary N) is 1. The van der Waals surface area contributed by atoms with Gasteiger partial charge >= 0.3 is 6.18 Å². The van der Waals surface area contributed by atoms with Crippen LogP contribution < -0.4 is 15.0 Å². The predicted molar refractivity (Wildman–Crippen MR) is 101 cm³/mol. The Morgan fingerprint density at radius 1 is 1.20 bits per heavy atom. The van der Waals surface area contributed by atoms with E-state index in [0.717, 1.165) is 12.3 Å². The Bertz CT molecular complexity index is 880. The molecular formula is C19H19F3N4O4. The Balaban J connectivity index is 1.42. The standard InChI is InChI=1S/C19H19F3N4O4/c20-19(21,22)13-1-6-17(23-11-13)25-9-7-14(8-10-25)24-18(27)12-30-16-4-2-15(3-5-16)26(28)29/h1-6,11,14H,7-10,12H2,(H,24,27). The molecule has 1 amide bonds. The highest BCUT2D eigenvalue weighted by molar-refractivity contribution is 5.77. The van der Waals surface area contributed by atoms with Gasteiger partial charge in [0.1, 0.15) is 11.6 Å². The normalized spacial score (nSPS) is 15.0. The summed E-state index contributed by atoms with van der Waals surface area (Å²) in [4.78, 5) is 27.9. The second-order valence-corrected chi connectivity index (χ2v) is 6.77. The molecule has 2 aromatic rings. The van der Waals surface area contributed by atoms with Crippen molar-refractivity contribution >= 4 is 17.4 Å². The third kappa shape index (κ3) is 5.58. The number of halogens is 3. The number of nitro groups is 1. The highest BCUT2D eigenvalue weighted by atomic mass is 19.4. The molecular weight excluding hydrogens is 405 g/mol. The van der Waals surface area contributed by atoms with E-state index in [2.05, 4.69) is 10.3 Å². The average molecular weight is 424 g/mol. The number of nitro benzene ring substituents is 1. The molecule has 0 spiro atoms. The number of amides is 1. The van der Waals surface area contributed by atoms with Gasteiger partial charge in [-0.05, 0) is 37.1 Å². The second kappa shape index (κ2) is 8.97. The van der Waals surface area contributed by atoms with Crippen molar-refractivity contribution in [2.75, 3.05) is 24.6 Å². The van der Waals surface area contributed by atoms with Crippen LogP contribution in [0.3, 0.4) is 0 Å². The first-order valence-corrected chi connectivity index (χ1v) is 9.17. The monoisotopic (exact) mass is 424 g/mol. The summed E-state index contributed by atoms with van der Waals surface area (Å²) in [5.74, 6) is 0.493. The summed E-state index contributed by atoms with van der Waals surface area (Å²) >= 11 is 0. The summed E-state index contributed by atoms with van der Waals surface area (Å²) in [6.45, 7) is 0.873.